The number of amides is 1. The predicted octanol–water partition coefficient (Wildman–Crippen LogP) is 0.489. The van der Waals surface area contributed by atoms with Crippen molar-refractivity contribution in [3.63, 3.8) is 0 Å². The minimum Gasteiger partial charge on any atom is -0.383 e. The summed E-state index contributed by atoms with van der Waals surface area (Å²) in [5, 5.41) is 6.16. The Hall–Kier alpha value is -1.63. The van der Waals surface area contributed by atoms with Crippen LogP contribution in [-0.4, -0.2) is 65.6 Å². The van der Waals surface area contributed by atoms with E-state index >= 15 is 0 Å². The number of benzene rings is 1. The third kappa shape index (κ3) is 4.98. The van der Waals surface area contributed by atoms with Crippen molar-refractivity contribution in [3.05, 3.63) is 29.8 Å². The Bertz CT molecular complexity index is 462. The molecule has 1 amide bonds. The van der Waals surface area contributed by atoms with Crippen LogP contribution in [0.25, 0.3) is 0 Å². The number of rotatable bonds is 8. The Balaban J connectivity index is 1.86. The van der Waals surface area contributed by atoms with Crippen LogP contribution in [0.2, 0.25) is 0 Å². The largest absolute Gasteiger partial charge is 0.383 e. The van der Waals surface area contributed by atoms with Gasteiger partial charge in [-0.05, 0) is 12.1 Å². The first kappa shape index (κ1) is 16.7. The molecule has 1 aromatic rings. The van der Waals surface area contributed by atoms with E-state index in [-0.39, 0.29) is 5.91 Å². The number of para-hydroxylation sites is 1. The Morgan fingerprint density at radius 3 is 2.77 bits per heavy atom. The molecule has 0 saturated carbocycles. The summed E-state index contributed by atoms with van der Waals surface area (Å²) in [7, 11) is 1.67. The van der Waals surface area contributed by atoms with Crippen molar-refractivity contribution in [2.75, 3.05) is 64.6 Å². The molecule has 1 aromatic carbocycles. The molecule has 6 nitrogen and oxygen atoms in total. The number of ether oxygens (including phenoxy) is 2. The Labute approximate surface area is 131 Å². The molecule has 0 bridgehead atoms. The number of hydrogen-bond donors (Lipinski definition) is 2. The third-order valence-corrected chi connectivity index (χ3v) is 3.57. The van der Waals surface area contributed by atoms with Crippen LogP contribution in [0.1, 0.15) is 10.4 Å². The second-order valence-electron chi connectivity index (χ2n) is 5.12. The van der Waals surface area contributed by atoms with Crippen LogP contribution in [0.5, 0.6) is 0 Å². The van der Waals surface area contributed by atoms with Crippen LogP contribution in [0, 0.1) is 0 Å². The predicted molar refractivity (Wildman–Crippen MR) is 86.6 cm³/mol. The molecule has 1 heterocycles. The lowest BCUT2D eigenvalue weighted by atomic mass is 10.1. The minimum atomic E-state index is -0.0318. The average Bonchev–Trinajstić information content (AvgIpc) is 2.58. The highest BCUT2D eigenvalue weighted by Crippen LogP contribution is 2.21. The van der Waals surface area contributed by atoms with Gasteiger partial charge in [-0.2, -0.15) is 0 Å². The quantitative estimate of drug-likeness (QED) is 0.685. The van der Waals surface area contributed by atoms with Crippen molar-refractivity contribution in [3.8, 4) is 0 Å². The number of nitrogens with zero attached hydrogens (tertiary/aromatic N) is 1. The van der Waals surface area contributed by atoms with Gasteiger partial charge in [0.25, 0.3) is 5.91 Å². The number of anilines is 1. The molecule has 0 aromatic heterocycles. The maximum Gasteiger partial charge on any atom is 0.253 e. The van der Waals surface area contributed by atoms with Gasteiger partial charge in [0.05, 0.1) is 25.4 Å². The Morgan fingerprint density at radius 1 is 1.23 bits per heavy atom. The van der Waals surface area contributed by atoms with Crippen LogP contribution in [0.4, 0.5) is 5.69 Å². The smallest absolute Gasteiger partial charge is 0.253 e. The number of carbonyl (C=O) groups excluding carboxylic acids is 1. The fourth-order valence-electron chi connectivity index (χ4n) is 2.40. The molecule has 0 spiro atoms. The molecule has 22 heavy (non-hydrogen) atoms. The van der Waals surface area contributed by atoms with Crippen LogP contribution in [-0.2, 0) is 9.47 Å². The molecule has 2 N–H and O–H groups in total. The molecule has 1 aliphatic heterocycles. The number of morpholine rings is 1. The van der Waals surface area contributed by atoms with Gasteiger partial charge in [-0.15, -0.1) is 0 Å². The normalized spacial score (nSPS) is 14.9. The van der Waals surface area contributed by atoms with Crippen molar-refractivity contribution in [2.45, 2.75) is 0 Å². The van der Waals surface area contributed by atoms with E-state index in [1.807, 2.05) is 24.3 Å². The lowest BCUT2D eigenvalue weighted by Crippen LogP contribution is -2.38. The van der Waals surface area contributed by atoms with E-state index in [4.69, 9.17) is 9.47 Å². The van der Waals surface area contributed by atoms with Crippen molar-refractivity contribution < 1.29 is 14.3 Å². The SMILES string of the molecule is COCCNCCNC(=O)c1ccccc1N1CCOCC1. The molecular formula is C16H25N3O3. The summed E-state index contributed by atoms with van der Waals surface area (Å²) in [6.07, 6.45) is 0. The van der Waals surface area contributed by atoms with E-state index in [0.717, 1.165) is 37.4 Å². The highest BCUT2D eigenvalue weighted by atomic mass is 16.5. The summed E-state index contributed by atoms with van der Waals surface area (Å²) in [4.78, 5) is 14.6. The molecule has 6 heteroatoms. The van der Waals surface area contributed by atoms with Gasteiger partial charge in [0.1, 0.15) is 0 Å². The molecule has 0 atom stereocenters. The summed E-state index contributed by atoms with van der Waals surface area (Å²) in [6, 6.07) is 7.74. The highest BCUT2D eigenvalue weighted by molar-refractivity contribution is 5.99. The standard InChI is InChI=1S/C16H25N3O3/c1-21-11-8-17-6-7-18-16(20)14-4-2-3-5-15(14)19-9-12-22-13-10-19/h2-5,17H,6-13H2,1H3,(H,18,20). The first-order valence-electron chi connectivity index (χ1n) is 7.72. The second-order valence-corrected chi connectivity index (χ2v) is 5.12. The van der Waals surface area contributed by atoms with Gasteiger partial charge in [-0.3, -0.25) is 4.79 Å². The van der Waals surface area contributed by atoms with Crippen LogP contribution in [0.3, 0.4) is 0 Å². The lowest BCUT2D eigenvalue weighted by Gasteiger charge is -2.30. The third-order valence-electron chi connectivity index (χ3n) is 3.57. The Kier molecular flexibility index (Phi) is 7.15. The van der Waals surface area contributed by atoms with Crippen molar-refractivity contribution in [2.24, 2.45) is 0 Å². The molecule has 2 rings (SSSR count). The fourth-order valence-corrected chi connectivity index (χ4v) is 2.40. The molecule has 1 fully saturated rings. The Morgan fingerprint density at radius 2 is 2.00 bits per heavy atom. The van der Waals surface area contributed by atoms with E-state index in [2.05, 4.69) is 15.5 Å². The van der Waals surface area contributed by atoms with Gasteiger partial charge < -0.3 is 25.0 Å². The number of methoxy groups -OCH3 is 1. The zero-order valence-corrected chi connectivity index (χ0v) is 13.1. The van der Waals surface area contributed by atoms with E-state index in [1.54, 1.807) is 7.11 Å². The fraction of sp³-hybridized carbons (Fsp3) is 0.562. The van der Waals surface area contributed by atoms with Gasteiger partial charge in [0, 0.05) is 45.5 Å². The summed E-state index contributed by atoms with van der Waals surface area (Å²) < 4.78 is 10.3. The second kappa shape index (κ2) is 9.40. The van der Waals surface area contributed by atoms with Gasteiger partial charge >= 0.3 is 0 Å². The van der Waals surface area contributed by atoms with Gasteiger partial charge in [-0.1, -0.05) is 12.1 Å². The van der Waals surface area contributed by atoms with Gasteiger partial charge in [0.2, 0.25) is 0 Å². The average molecular weight is 307 g/mol. The molecule has 0 radical (unpaired) electrons. The summed E-state index contributed by atoms with van der Waals surface area (Å²) in [5.41, 5.74) is 1.71. The van der Waals surface area contributed by atoms with Crippen LogP contribution >= 0.6 is 0 Å². The maximum absolute atomic E-state index is 12.4. The summed E-state index contributed by atoms with van der Waals surface area (Å²) in [5.74, 6) is -0.0318. The highest BCUT2D eigenvalue weighted by Gasteiger charge is 2.17. The molecule has 0 unspecified atom stereocenters. The number of hydrogen-bond acceptors (Lipinski definition) is 5. The topological polar surface area (TPSA) is 62.8 Å². The van der Waals surface area contributed by atoms with Crippen molar-refractivity contribution >= 4 is 11.6 Å². The molecule has 122 valence electrons. The number of carbonyl (C=O) groups is 1. The molecule has 1 saturated heterocycles. The van der Waals surface area contributed by atoms with Crippen LogP contribution in [0.15, 0.2) is 24.3 Å². The number of nitrogens with one attached hydrogen (secondary N) is 2. The zero-order valence-electron chi connectivity index (χ0n) is 13.1. The first-order valence-corrected chi connectivity index (χ1v) is 7.72. The first-order chi connectivity index (χ1) is 10.8. The van der Waals surface area contributed by atoms with E-state index in [1.165, 1.54) is 0 Å². The summed E-state index contributed by atoms with van der Waals surface area (Å²) >= 11 is 0. The van der Waals surface area contributed by atoms with E-state index in [9.17, 15) is 4.79 Å². The minimum absolute atomic E-state index is 0.0318. The van der Waals surface area contributed by atoms with Gasteiger partial charge in [0.15, 0.2) is 0 Å². The molecular weight excluding hydrogens is 282 g/mol. The molecule has 0 aliphatic carbocycles. The monoisotopic (exact) mass is 307 g/mol. The lowest BCUT2D eigenvalue weighted by molar-refractivity contribution is 0.0952. The van der Waals surface area contributed by atoms with Crippen LogP contribution < -0.4 is 15.5 Å². The zero-order chi connectivity index (χ0) is 15.6. The molecule has 1 aliphatic rings. The maximum atomic E-state index is 12.4. The van der Waals surface area contributed by atoms with E-state index in [0.29, 0.717) is 26.4 Å². The van der Waals surface area contributed by atoms with E-state index < -0.39 is 0 Å². The van der Waals surface area contributed by atoms with Crippen molar-refractivity contribution in [1.29, 1.82) is 0 Å². The van der Waals surface area contributed by atoms with Crippen molar-refractivity contribution in [1.82, 2.24) is 10.6 Å². The van der Waals surface area contributed by atoms with Gasteiger partial charge in [-0.25, -0.2) is 0 Å². The summed E-state index contributed by atoms with van der Waals surface area (Å²) in [6.45, 7) is 5.85.